The van der Waals surface area contributed by atoms with Crippen LogP contribution in [-0.2, 0) is 62.0 Å². The Bertz CT molecular complexity index is 2680. The van der Waals surface area contributed by atoms with Crippen LogP contribution in [0.25, 0.3) is 0 Å². The van der Waals surface area contributed by atoms with E-state index >= 15 is 0 Å². The molecule has 0 saturated heterocycles. The monoisotopic (exact) mass is 1020 g/mol. The number of hydrogen-bond donors (Lipinski definition) is 2. The number of phenols is 1. The molecule has 376 valence electrons. The first-order valence-electron chi connectivity index (χ1n) is 24.0. The second kappa shape index (κ2) is 22.9. The molecule has 0 amide bonds. The average Bonchev–Trinajstić information content (AvgIpc) is 3.95. The molecule has 0 spiro atoms. The molecule has 2 N–H and O–H groups in total. The van der Waals surface area contributed by atoms with E-state index in [-0.39, 0.29) is 54.7 Å². The van der Waals surface area contributed by atoms with Crippen molar-refractivity contribution in [1.82, 2.24) is 30.0 Å². The van der Waals surface area contributed by atoms with Gasteiger partial charge in [0.15, 0.2) is 0 Å². The number of rotatable bonds is 13. The molecule has 2 aliphatic carbocycles. The number of hydrogen-bond acceptors (Lipinski definition) is 9. The van der Waals surface area contributed by atoms with Crippen molar-refractivity contribution in [2.45, 2.75) is 154 Å². The van der Waals surface area contributed by atoms with Gasteiger partial charge in [-0.1, -0.05) is 150 Å². The summed E-state index contributed by atoms with van der Waals surface area (Å²) < 4.78 is 14.4. The van der Waals surface area contributed by atoms with Crippen LogP contribution in [0.3, 0.4) is 0 Å². The van der Waals surface area contributed by atoms with Crippen LogP contribution in [0.15, 0.2) is 97.3 Å². The van der Waals surface area contributed by atoms with Crippen molar-refractivity contribution in [3.05, 3.63) is 153 Å². The highest BCUT2D eigenvalue weighted by molar-refractivity contribution is 9.08. The van der Waals surface area contributed by atoms with Gasteiger partial charge in [-0.3, -0.25) is 19.0 Å². The molecule has 8 rings (SSSR count). The summed E-state index contributed by atoms with van der Waals surface area (Å²) in [5, 5.41) is 35.3. The molecule has 0 aliphatic heterocycles. The third kappa shape index (κ3) is 13.3. The predicted molar refractivity (Wildman–Crippen MR) is 281 cm³/mol. The number of ether oxygens (including phenoxy) is 2. The Morgan fingerprint density at radius 1 is 0.643 bits per heavy atom. The van der Waals surface area contributed by atoms with Crippen molar-refractivity contribution < 1.29 is 29.3 Å². The summed E-state index contributed by atoms with van der Waals surface area (Å²) >= 11 is 3.55. The molecule has 6 aromatic rings. The number of nitrogens with zero attached hydrogens (tertiary/aromatic N) is 6. The molecule has 4 aromatic carbocycles. The number of carboxylic acids is 1. The minimum atomic E-state index is -0.861. The number of aliphatic carboxylic acids is 1. The summed E-state index contributed by atoms with van der Waals surface area (Å²) in [4.78, 5) is 23.2. The number of carbonyl (C=O) groups excluding carboxylic acids is 1. The molecule has 0 unspecified atom stereocenters. The second-order valence-corrected chi connectivity index (χ2v) is 21.7. The fraction of sp³-hybridized carbons (Fsp3) is 0.474. The maximum atomic E-state index is 11.8. The van der Waals surface area contributed by atoms with E-state index in [4.69, 9.17) is 9.47 Å². The number of carbonyl (C=O) groups is 2. The van der Waals surface area contributed by atoms with Gasteiger partial charge in [0.25, 0.3) is 0 Å². The normalized spacial score (nSPS) is 16.5. The highest BCUT2D eigenvalue weighted by Crippen LogP contribution is 2.47. The lowest BCUT2D eigenvalue weighted by Crippen LogP contribution is -2.33. The molecular formula is C57H75BrN6O6. The highest BCUT2D eigenvalue weighted by atomic mass is 79.9. The van der Waals surface area contributed by atoms with Crippen LogP contribution >= 0.6 is 15.9 Å². The Hall–Kier alpha value is -5.82. The van der Waals surface area contributed by atoms with Crippen molar-refractivity contribution in [2.24, 2.45) is 14.1 Å². The maximum Gasteiger partial charge on any atom is 0.306 e. The van der Waals surface area contributed by atoms with Gasteiger partial charge in [-0.2, -0.15) is 0 Å². The molecule has 2 aromatic heterocycles. The molecule has 0 saturated carbocycles. The first kappa shape index (κ1) is 55.1. The number of fused-ring (bicyclic) bond motifs is 2. The number of aromatic hydroxyl groups is 1. The first-order valence-corrected chi connectivity index (χ1v) is 25.1. The maximum absolute atomic E-state index is 11.8. The average molecular weight is 1020 g/mol. The number of halogens is 1. The summed E-state index contributed by atoms with van der Waals surface area (Å²) in [5.74, 6) is -0.704. The third-order valence-electron chi connectivity index (χ3n) is 14.2. The number of esters is 1. The van der Waals surface area contributed by atoms with Gasteiger partial charge in [-0.15, -0.1) is 10.2 Å². The number of benzene rings is 4. The third-order valence-corrected chi connectivity index (χ3v) is 14.9. The Morgan fingerprint density at radius 3 is 1.50 bits per heavy atom. The zero-order chi connectivity index (χ0) is 50.3. The standard InChI is InChI=1S/C27H33N3O3.C15H21Br.C14H17N3O3.CH4/c1-26(2)12-13-27(3,4)23-14-18(6-11-22(23)26)17-33-20-9-7-19(8-10-20)21(15-25(31)32)24-16-28-29-30(24)5;1-14(2)7-8-15(3,4)13-9-11(10-16)5-6-12(13)14;1-3-20-14(19)8-12(13-9-15-16-17(13)2)10-4-6-11(18)7-5-10;/h6-11,14,16,21H,12-13,15,17H2,1-5H3,(H,31,32);5-6,9H,7-8,10H2,1-4H3;4-7,9,12,18H,3,8H2,1-2H3;1H4/t21-;;12-;/m0.0./s1. The van der Waals surface area contributed by atoms with Gasteiger partial charge >= 0.3 is 11.9 Å². The van der Waals surface area contributed by atoms with E-state index in [1.165, 1.54) is 42.4 Å². The van der Waals surface area contributed by atoms with Crippen molar-refractivity contribution in [1.29, 1.82) is 0 Å². The predicted octanol–water partition coefficient (Wildman–Crippen LogP) is 12.5. The topological polar surface area (TPSA) is 154 Å². The highest BCUT2D eigenvalue weighted by Gasteiger charge is 2.38. The van der Waals surface area contributed by atoms with Gasteiger partial charge in [0.2, 0.25) is 0 Å². The second-order valence-electron chi connectivity index (χ2n) is 21.2. The Morgan fingerprint density at radius 2 is 1.07 bits per heavy atom. The minimum Gasteiger partial charge on any atom is -0.508 e. The van der Waals surface area contributed by atoms with Crippen LogP contribution in [-0.4, -0.2) is 58.7 Å². The molecule has 0 bridgehead atoms. The fourth-order valence-corrected chi connectivity index (χ4v) is 10.0. The first-order chi connectivity index (χ1) is 32.5. The molecular weight excluding hydrogens is 945 g/mol. The van der Waals surface area contributed by atoms with E-state index in [0.29, 0.717) is 24.0 Å². The molecule has 70 heavy (non-hydrogen) atoms. The van der Waals surface area contributed by atoms with Gasteiger partial charge < -0.3 is 19.7 Å². The van der Waals surface area contributed by atoms with Crippen LogP contribution in [0.4, 0.5) is 0 Å². The zero-order valence-corrected chi connectivity index (χ0v) is 43.9. The lowest BCUT2D eigenvalue weighted by atomic mass is 9.63. The smallest absolute Gasteiger partial charge is 0.306 e. The Kier molecular flexibility index (Phi) is 18.1. The molecule has 0 radical (unpaired) electrons. The summed E-state index contributed by atoms with van der Waals surface area (Å²) in [7, 11) is 3.55. The Labute approximate surface area is 424 Å². The minimum absolute atomic E-state index is 0. The molecule has 0 fully saturated rings. The lowest BCUT2D eigenvalue weighted by Gasteiger charge is -2.42. The summed E-state index contributed by atoms with van der Waals surface area (Å²) in [6.07, 6.45) is 8.41. The number of carboxylic acid groups (broad SMARTS) is 1. The molecule has 2 aliphatic rings. The number of aryl methyl sites for hydroxylation is 2. The van der Waals surface area contributed by atoms with E-state index in [0.717, 1.165) is 39.2 Å². The van der Waals surface area contributed by atoms with Gasteiger partial charge in [0.1, 0.15) is 18.1 Å². The molecule has 2 atom stereocenters. The fourth-order valence-electron chi connectivity index (χ4n) is 9.69. The van der Waals surface area contributed by atoms with Crippen LogP contribution < -0.4 is 4.74 Å². The summed E-state index contributed by atoms with van der Waals surface area (Å²) in [5.41, 5.74) is 13.0. The molecule has 13 heteroatoms. The van der Waals surface area contributed by atoms with E-state index < -0.39 is 5.97 Å². The number of alkyl halides is 1. The van der Waals surface area contributed by atoms with E-state index in [1.807, 2.05) is 24.3 Å². The molecule has 12 nitrogen and oxygen atoms in total. The molecule has 2 heterocycles. The van der Waals surface area contributed by atoms with Gasteiger partial charge in [-0.05, 0) is 123 Å². The largest absolute Gasteiger partial charge is 0.508 e. The van der Waals surface area contributed by atoms with Crippen molar-refractivity contribution in [2.75, 3.05) is 6.61 Å². The van der Waals surface area contributed by atoms with Crippen LogP contribution in [0.1, 0.15) is 176 Å². The number of phenolic OH excluding ortho intramolecular Hbond substituents is 1. The quantitative estimate of drug-likeness (QED) is 0.0844. The van der Waals surface area contributed by atoms with Gasteiger partial charge in [0, 0.05) is 31.3 Å². The van der Waals surface area contributed by atoms with Crippen LogP contribution in [0.5, 0.6) is 11.5 Å². The number of aromatic nitrogens is 6. The van der Waals surface area contributed by atoms with E-state index in [2.05, 4.69) is 128 Å². The van der Waals surface area contributed by atoms with Crippen molar-refractivity contribution in [3.63, 3.8) is 0 Å². The van der Waals surface area contributed by atoms with Crippen LogP contribution in [0.2, 0.25) is 0 Å². The van der Waals surface area contributed by atoms with Gasteiger partial charge in [0.05, 0.1) is 43.2 Å². The summed E-state index contributed by atoms with van der Waals surface area (Å²) in [6, 6.07) is 28.2. The summed E-state index contributed by atoms with van der Waals surface area (Å²) in [6.45, 7) is 21.4. The lowest BCUT2D eigenvalue weighted by molar-refractivity contribution is -0.143. The zero-order valence-electron chi connectivity index (χ0n) is 42.3. The van der Waals surface area contributed by atoms with E-state index in [9.17, 15) is 19.8 Å². The Balaban J connectivity index is 0.000000211. The SMILES string of the molecule is C.CC1(C)CCC(C)(C)c2cc(CBr)ccc21.CCOC(=O)C[C@@H](c1ccc(O)cc1)c1cnnn1C.Cn1nncc1[C@@H](CC(=O)O)c1ccc(OCc2ccc3c(c2)C(C)(C)CCC3(C)C)cc1. The van der Waals surface area contributed by atoms with Crippen LogP contribution in [0, 0.1) is 0 Å². The van der Waals surface area contributed by atoms with E-state index in [1.54, 1.807) is 78.2 Å². The van der Waals surface area contributed by atoms with Gasteiger partial charge in [-0.25, -0.2) is 0 Å². The van der Waals surface area contributed by atoms with Crippen molar-refractivity contribution in [3.8, 4) is 11.5 Å². The van der Waals surface area contributed by atoms with Crippen molar-refractivity contribution >= 4 is 27.9 Å².